The first-order valence-electron chi connectivity index (χ1n) is 5.09. The second-order valence-corrected chi connectivity index (χ2v) is 4.02. The molecule has 86 valence electrons. The number of hydrogen-bond donors (Lipinski definition) is 1. The molecule has 1 aliphatic heterocycles. The average molecular weight is 239 g/mol. The summed E-state index contributed by atoms with van der Waals surface area (Å²) in [5.41, 5.74) is 0. The topological polar surface area (TPSA) is 65.1 Å². The monoisotopic (exact) mass is 239 g/mol. The van der Waals surface area contributed by atoms with E-state index in [0.29, 0.717) is 4.77 Å². The number of nitrogens with one attached hydrogen (secondary N) is 1. The summed E-state index contributed by atoms with van der Waals surface area (Å²) < 4.78 is 0.381. The third-order valence-corrected chi connectivity index (χ3v) is 2.79. The van der Waals surface area contributed by atoms with Crippen LogP contribution in [0.25, 0.3) is 0 Å². The molecule has 1 aliphatic rings. The fraction of sp³-hybridized carbons (Fsp3) is 0.556. The van der Waals surface area contributed by atoms with Crippen molar-refractivity contribution in [3.05, 3.63) is 11.0 Å². The lowest BCUT2D eigenvalue weighted by molar-refractivity contribution is -0.129. The van der Waals surface area contributed by atoms with Crippen molar-refractivity contribution < 1.29 is 4.79 Å². The molecular weight excluding hydrogens is 226 g/mol. The van der Waals surface area contributed by atoms with Crippen LogP contribution in [0, 0.1) is 4.77 Å². The van der Waals surface area contributed by atoms with E-state index in [2.05, 4.69) is 20.1 Å². The van der Waals surface area contributed by atoms with Crippen molar-refractivity contribution in [3.63, 3.8) is 0 Å². The van der Waals surface area contributed by atoms with Crippen molar-refractivity contribution in [2.24, 2.45) is 0 Å². The number of carbonyl (C=O) groups excluding carboxylic acids is 1. The third kappa shape index (κ3) is 2.35. The second kappa shape index (κ2) is 4.56. The molecule has 0 bridgehead atoms. The Morgan fingerprint density at radius 3 is 2.69 bits per heavy atom. The van der Waals surface area contributed by atoms with Gasteiger partial charge in [-0.1, -0.05) is 0 Å². The average Bonchev–Trinajstić information content (AvgIpc) is 2.29. The van der Waals surface area contributed by atoms with Gasteiger partial charge in [0, 0.05) is 33.1 Å². The van der Waals surface area contributed by atoms with Crippen molar-refractivity contribution in [2.75, 3.05) is 31.1 Å². The van der Waals surface area contributed by atoms with E-state index in [-0.39, 0.29) is 5.91 Å². The van der Waals surface area contributed by atoms with Crippen molar-refractivity contribution >= 4 is 23.9 Å². The van der Waals surface area contributed by atoms with Crippen molar-refractivity contribution in [3.8, 4) is 0 Å². The van der Waals surface area contributed by atoms with Gasteiger partial charge in [0.1, 0.15) is 0 Å². The molecule has 2 heterocycles. The smallest absolute Gasteiger partial charge is 0.219 e. The van der Waals surface area contributed by atoms with Gasteiger partial charge in [-0.15, -0.1) is 0 Å². The van der Waals surface area contributed by atoms with Crippen LogP contribution in [0.4, 0.5) is 5.82 Å². The van der Waals surface area contributed by atoms with Gasteiger partial charge < -0.3 is 9.80 Å². The molecule has 1 aromatic rings. The van der Waals surface area contributed by atoms with Crippen LogP contribution >= 0.6 is 12.2 Å². The highest BCUT2D eigenvalue weighted by atomic mass is 32.1. The SMILES string of the molecule is CC(=O)N1CCN(c2cn[nH]c(=S)n2)CC1. The molecule has 1 aromatic heterocycles. The largest absolute Gasteiger partial charge is 0.352 e. The van der Waals surface area contributed by atoms with E-state index in [9.17, 15) is 4.79 Å². The molecule has 6 nitrogen and oxygen atoms in total. The van der Waals surface area contributed by atoms with E-state index >= 15 is 0 Å². The molecule has 1 saturated heterocycles. The Bertz CT molecular complexity index is 438. The maximum atomic E-state index is 11.2. The summed E-state index contributed by atoms with van der Waals surface area (Å²) >= 11 is 4.91. The Labute approximate surface area is 98.3 Å². The van der Waals surface area contributed by atoms with E-state index in [1.807, 2.05) is 4.90 Å². The lowest BCUT2D eigenvalue weighted by Crippen LogP contribution is -2.48. The number of anilines is 1. The summed E-state index contributed by atoms with van der Waals surface area (Å²) in [4.78, 5) is 19.2. The lowest BCUT2D eigenvalue weighted by atomic mass is 10.3. The van der Waals surface area contributed by atoms with Gasteiger partial charge >= 0.3 is 0 Å². The minimum absolute atomic E-state index is 0.121. The number of H-pyrrole nitrogens is 1. The Balaban J connectivity index is 2.04. The number of hydrogen-bond acceptors (Lipinski definition) is 5. The maximum Gasteiger partial charge on any atom is 0.219 e. The Morgan fingerprint density at radius 1 is 1.44 bits per heavy atom. The van der Waals surface area contributed by atoms with Gasteiger partial charge in [0.25, 0.3) is 0 Å². The zero-order valence-corrected chi connectivity index (χ0v) is 9.83. The molecule has 0 atom stereocenters. The molecule has 1 amide bonds. The first kappa shape index (κ1) is 11.0. The van der Waals surface area contributed by atoms with E-state index in [4.69, 9.17) is 12.2 Å². The van der Waals surface area contributed by atoms with Crippen molar-refractivity contribution in [2.45, 2.75) is 6.92 Å². The van der Waals surface area contributed by atoms with Crippen LogP contribution in [0.15, 0.2) is 6.20 Å². The van der Waals surface area contributed by atoms with Gasteiger partial charge in [0.2, 0.25) is 10.7 Å². The van der Waals surface area contributed by atoms with Crippen LogP contribution in [-0.4, -0.2) is 52.2 Å². The number of amides is 1. The number of rotatable bonds is 1. The minimum atomic E-state index is 0.121. The predicted octanol–water partition coefficient (Wildman–Crippen LogP) is 0.203. The number of aromatic amines is 1. The first-order chi connectivity index (χ1) is 7.66. The zero-order valence-electron chi connectivity index (χ0n) is 9.01. The number of nitrogens with zero attached hydrogens (tertiary/aromatic N) is 4. The van der Waals surface area contributed by atoms with Crippen LogP contribution in [-0.2, 0) is 4.79 Å². The summed E-state index contributed by atoms with van der Waals surface area (Å²) in [5.74, 6) is 0.892. The molecule has 2 rings (SSSR count). The van der Waals surface area contributed by atoms with Crippen LogP contribution in [0.5, 0.6) is 0 Å². The van der Waals surface area contributed by atoms with Crippen LogP contribution in [0.3, 0.4) is 0 Å². The fourth-order valence-corrected chi connectivity index (χ4v) is 1.85. The zero-order chi connectivity index (χ0) is 11.5. The molecule has 0 unspecified atom stereocenters. The van der Waals surface area contributed by atoms with E-state index in [0.717, 1.165) is 32.0 Å². The standard InChI is InChI=1S/C9H13N5OS/c1-7(15)13-2-4-14(5-3-13)8-6-10-12-9(16)11-8/h6H,2-5H2,1H3,(H,11,12,16). The van der Waals surface area contributed by atoms with Gasteiger partial charge in [-0.25, -0.2) is 0 Å². The number of piperazine rings is 1. The molecule has 0 spiro atoms. The van der Waals surface area contributed by atoms with Crippen LogP contribution in [0.2, 0.25) is 0 Å². The molecule has 0 saturated carbocycles. The molecule has 7 heteroatoms. The molecular formula is C9H13N5OS. The molecule has 16 heavy (non-hydrogen) atoms. The molecule has 1 N–H and O–H groups in total. The van der Waals surface area contributed by atoms with Gasteiger partial charge in [0.15, 0.2) is 5.82 Å². The first-order valence-corrected chi connectivity index (χ1v) is 5.50. The van der Waals surface area contributed by atoms with E-state index in [1.165, 1.54) is 0 Å². The van der Waals surface area contributed by atoms with Gasteiger partial charge in [-0.2, -0.15) is 10.1 Å². The quantitative estimate of drug-likeness (QED) is 0.709. The highest BCUT2D eigenvalue weighted by molar-refractivity contribution is 7.71. The van der Waals surface area contributed by atoms with Crippen LogP contribution in [0.1, 0.15) is 6.92 Å². The minimum Gasteiger partial charge on any atom is -0.352 e. The normalized spacial score (nSPS) is 16.3. The third-order valence-electron chi connectivity index (χ3n) is 2.61. The number of aromatic nitrogens is 3. The van der Waals surface area contributed by atoms with Crippen molar-refractivity contribution in [1.82, 2.24) is 20.1 Å². The maximum absolute atomic E-state index is 11.2. The summed E-state index contributed by atoms with van der Waals surface area (Å²) in [6, 6.07) is 0. The summed E-state index contributed by atoms with van der Waals surface area (Å²) in [6.07, 6.45) is 1.65. The van der Waals surface area contributed by atoms with Gasteiger partial charge in [-0.05, 0) is 12.2 Å². The summed E-state index contributed by atoms with van der Waals surface area (Å²) in [7, 11) is 0. The second-order valence-electron chi connectivity index (χ2n) is 3.64. The van der Waals surface area contributed by atoms with Crippen molar-refractivity contribution in [1.29, 1.82) is 0 Å². The lowest BCUT2D eigenvalue weighted by Gasteiger charge is -2.34. The molecule has 0 radical (unpaired) electrons. The molecule has 0 aliphatic carbocycles. The predicted molar refractivity (Wildman–Crippen MR) is 61.7 cm³/mol. The van der Waals surface area contributed by atoms with Crippen LogP contribution < -0.4 is 4.90 Å². The van der Waals surface area contributed by atoms with Gasteiger partial charge in [-0.3, -0.25) is 9.89 Å². The van der Waals surface area contributed by atoms with E-state index in [1.54, 1.807) is 13.1 Å². The highest BCUT2D eigenvalue weighted by Gasteiger charge is 2.19. The van der Waals surface area contributed by atoms with Gasteiger partial charge in [0.05, 0.1) is 6.20 Å². The summed E-state index contributed by atoms with van der Waals surface area (Å²) in [6.45, 7) is 4.58. The fourth-order valence-electron chi connectivity index (χ4n) is 1.71. The number of carbonyl (C=O) groups is 1. The molecule has 0 aromatic carbocycles. The highest BCUT2D eigenvalue weighted by Crippen LogP contribution is 2.11. The van der Waals surface area contributed by atoms with E-state index < -0.39 is 0 Å². The Morgan fingerprint density at radius 2 is 2.12 bits per heavy atom. The Hall–Kier alpha value is -1.50. The molecule has 1 fully saturated rings. The Kier molecular flexibility index (Phi) is 3.14. The summed E-state index contributed by atoms with van der Waals surface area (Å²) in [5, 5.41) is 6.50.